The maximum atomic E-state index is 11.1. The third kappa shape index (κ3) is 9.02. The number of rotatable bonds is 9. The summed E-state index contributed by atoms with van der Waals surface area (Å²) >= 11 is 0. The quantitative estimate of drug-likeness (QED) is 0.292. The first-order chi connectivity index (χ1) is 14.0. The van der Waals surface area contributed by atoms with Crippen molar-refractivity contribution in [2.24, 2.45) is 4.99 Å². The van der Waals surface area contributed by atoms with Crippen LogP contribution in [-0.4, -0.2) is 43.5 Å². The highest BCUT2D eigenvalue weighted by atomic mass is 127. The van der Waals surface area contributed by atoms with Crippen molar-refractivity contribution in [3.05, 3.63) is 59.7 Å². The van der Waals surface area contributed by atoms with E-state index in [4.69, 9.17) is 9.73 Å². The standard InChI is InChI=1S/C23H32N4O2.HI/c1-5-24-23(27(4)17-20-9-13-22(14-10-20)29-6-2)25-16-15-19-7-11-21(12-8-19)26-18(3)28;/h7-14H,5-6,15-17H2,1-4H3,(H,24,25)(H,26,28);1H. The summed E-state index contributed by atoms with van der Waals surface area (Å²) in [7, 11) is 2.04. The van der Waals surface area contributed by atoms with Crippen molar-refractivity contribution in [3.8, 4) is 5.75 Å². The Morgan fingerprint density at radius 2 is 1.67 bits per heavy atom. The molecular formula is C23H33IN4O2. The molecule has 0 heterocycles. The molecule has 0 atom stereocenters. The number of amides is 1. The van der Waals surface area contributed by atoms with Crippen molar-refractivity contribution in [2.45, 2.75) is 33.7 Å². The van der Waals surface area contributed by atoms with Gasteiger partial charge in [-0.2, -0.15) is 0 Å². The molecular weight excluding hydrogens is 491 g/mol. The Balaban J connectivity index is 0.00000450. The van der Waals surface area contributed by atoms with Crippen molar-refractivity contribution in [1.82, 2.24) is 10.2 Å². The maximum Gasteiger partial charge on any atom is 0.221 e. The molecule has 0 fully saturated rings. The molecule has 7 heteroatoms. The number of benzene rings is 2. The van der Waals surface area contributed by atoms with Gasteiger partial charge in [0.2, 0.25) is 5.91 Å². The van der Waals surface area contributed by atoms with Gasteiger partial charge < -0.3 is 20.3 Å². The van der Waals surface area contributed by atoms with Gasteiger partial charge in [0.1, 0.15) is 5.75 Å². The average Bonchev–Trinajstić information content (AvgIpc) is 2.70. The highest BCUT2D eigenvalue weighted by molar-refractivity contribution is 14.0. The molecule has 0 saturated carbocycles. The molecule has 0 aliphatic rings. The number of halogens is 1. The molecule has 2 aromatic carbocycles. The Bertz CT molecular complexity index is 792. The van der Waals surface area contributed by atoms with Crippen LogP contribution >= 0.6 is 24.0 Å². The molecule has 0 bridgehead atoms. The lowest BCUT2D eigenvalue weighted by atomic mass is 10.1. The Kier molecular flexibility index (Phi) is 11.9. The number of hydrogen-bond donors (Lipinski definition) is 2. The van der Waals surface area contributed by atoms with E-state index < -0.39 is 0 Å². The summed E-state index contributed by atoms with van der Waals surface area (Å²) in [5.41, 5.74) is 3.20. The Morgan fingerprint density at radius 3 is 2.23 bits per heavy atom. The summed E-state index contributed by atoms with van der Waals surface area (Å²) in [6.45, 7) is 8.51. The van der Waals surface area contributed by atoms with Gasteiger partial charge in [0.15, 0.2) is 5.96 Å². The van der Waals surface area contributed by atoms with Crippen LogP contribution in [0.15, 0.2) is 53.5 Å². The van der Waals surface area contributed by atoms with Crippen LogP contribution in [0.5, 0.6) is 5.75 Å². The van der Waals surface area contributed by atoms with Crippen molar-refractivity contribution in [2.75, 3.05) is 32.1 Å². The largest absolute Gasteiger partial charge is 0.494 e. The van der Waals surface area contributed by atoms with Crippen LogP contribution in [0.4, 0.5) is 5.69 Å². The fourth-order valence-electron chi connectivity index (χ4n) is 2.93. The molecule has 0 aliphatic carbocycles. The third-order valence-corrected chi connectivity index (χ3v) is 4.29. The number of ether oxygens (including phenoxy) is 1. The molecule has 2 aromatic rings. The second-order valence-corrected chi connectivity index (χ2v) is 6.80. The monoisotopic (exact) mass is 524 g/mol. The number of carbonyl (C=O) groups excluding carboxylic acids is 1. The van der Waals surface area contributed by atoms with Crippen LogP contribution in [0.1, 0.15) is 31.9 Å². The normalized spacial score (nSPS) is 10.7. The number of nitrogens with one attached hydrogen (secondary N) is 2. The van der Waals surface area contributed by atoms with Crippen LogP contribution in [0.3, 0.4) is 0 Å². The van der Waals surface area contributed by atoms with Gasteiger partial charge in [-0.25, -0.2) is 0 Å². The van der Waals surface area contributed by atoms with Crippen LogP contribution < -0.4 is 15.4 Å². The molecule has 2 rings (SSSR count). The summed E-state index contributed by atoms with van der Waals surface area (Å²) in [5, 5.41) is 6.14. The van der Waals surface area contributed by atoms with E-state index in [9.17, 15) is 4.79 Å². The zero-order valence-electron chi connectivity index (χ0n) is 18.3. The van der Waals surface area contributed by atoms with Crippen LogP contribution in [0, 0.1) is 0 Å². The minimum atomic E-state index is -0.0619. The van der Waals surface area contributed by atoms with E-state index in [1.165, 1.54) is 18.1 Å². The summed E-state index contributed by atoms with van der Waals surface area (Å²) in [4.78, 5) is 18.0. The zero-order chi connectivity index (χ0) is 21.1. The molecule has 30 heavy (non-hydrogen) atoms. The molecule has 0 spiro atoms. The first kappa shape index (κ1) is 25.7. The van der Waals surface area contributed by atoms with Crippen LogP contribution in [0.25, 0.3) is 0 Å². The molecule has 6 nitrogen and oxygen atoms in total. The van der Waals surface area contributed by atoms with Gasteiger partial charge in [0, 0.05) is 39.3 Å². The lowest BCUT2D eigenvalue weighted by Gasteiger charge is -2.22. The van der Waals surface area contributed by atoms with Gasteiger partial charge in [-0.1, -0.05) is 24.3 Å². The zero-order valence-corrected chi connectivity index (χ0v) is 20.6. The number of nitrogens with zero attached hydrogens (tertiary/aromatic N) is 2. The van der Waals surface area contributed by atoms with Crippen molar-refractivity contribution >= 4 is 41.5 Å². The molecule has 2 N–H and O–H groups in total. The van der Waals surface area contributed by atoms with Crippen molar-refractivity contribution < 1.29 is 9.53 Å². The van der Waals surface area contributed by atoms with Gasteiger partial charge in [0.25, 0.3) is 0 Å². The highest BCUT2D eigenvalue weighted by Gasteiger charge is 2.07. The topological polar surface area (TPSA) is 66.0 Å². The fourth-order valence-corrected chi connectivity index (χ4v) is 2.93. The lowest BCUT2D eigenvalue weighted by Crippen LogP contribution is -2.38. The van der Waals surface area contributed by atoms with E-state index in [0.29, 0.717) is 13.2 Å². The van der Waals surface area contributed by atoms with E-state index >= 15 is 0 Å². The Labute approximate surface area is 197 Å². The number of carbonyl (C=O) groups is 1. The van der Waals surface area contributed by atoms with E-state index in [-0.39, 0.29) is 29.9 Å². The molecule has 0 aromatic heterocycles. The Hall–Kier alpha value is -2.29. The summed E-state index contributed by atoms with van der Waals surface area (Å²) in [6, 6.07) is 16.1. The minimum Gasteiger partial charge on any atom is -0.494 e. The van der Waals surface area contributed by atoms with Gasteiger partial charge in [0.05, 0.1) is 6.61 Å². The van der Waals surface area contributed by atoms with E-state index in [0.717, 1.165) is 36.9 Å². The number of anilines is 1. The maximum absolute atomic E-state index is 11.1. The number of aliphatic imine (C=N–C) groups is 1. The van der Waals surface area contributed by atoms with Gasteiger partial charge >= 0.3 is 0 Å². The van der Waals surface area contributed by atoms with Gasteiger partial charge in [-0.15, -0.1) is 24.0 Å². The number of guanidine groups is 1. The summed E-state index contributed by atoms with van der Waals surface area (Å²) in [5.74, 6) is 1.72. The molecule has 1 amide bonds. The molecule has 164 valence electrons. The van der Waals surface area contributed by atoms with Gasteiger partial charge in [-0.3, -0.25) is 9.79 Å². The van der Waals surface area contributed by atoms with E-state index in [1.807, 2.05) is 50.4 Å². The predicted octanol–water partition coefficient (Wildman–Crippen LogP) is 4.30. The minimum absolute atomic E-state index is 0. The second kappa shape index (κ2) is 13.8. The second-order valence-electron chi connectivity index (χ2n) is 6.80. The first-order valence-corrected chi connectivity index (χ1v) is 10.1. The van der Waals surface area contributed by atoms with Gasteiger partial charge in [-0.05, 0) is 55.7 Å². The smallest absolute Gasteiger partial charge is 0.221 e. The van der Waals surface area contributed by atoms with Crippen molar-refractivity contribution in [3.63, 3.8) is 0 Å². The molecule has 0 radical (unpaired) electrons. The third-order valence-electron chi connectivity index (χ3n) is 4.29. The van der Waals surface area contributed by atoms with E-state index in [2.05, 4.69) is 34.6 Å². The summed E-state index contributed by atoms with van der Waals surface area (Å²) in [6.07, 6.45) is 0.839. The van der Waals surface area contributed by atoms with E-state index in [1.54, 1.807) is 0 Å². The SMILES string of the molecule is CCNC(=NCCc1ccc(NC(C)=O)cc1)N(C)Cc1ccc(OCC)cc1.I. The molecule has 0 aliphatic heterocycles. The van der Waals surface area contributed by atoms with Crippen LogP contribution in [0.2, 0.25) is 0 Å². The predicted molar refractivity (Wildman–Crippen MR) is 135 cm³/mol. The average molecular weight is 524 g/mol. The fraction of sp³-hybridized carbons (Fsp3) is 0.391. The lowest BCUT2D eigenvalue weighted by molar-refractivity contribution is -0.114. The van der Waals surface area contributed by atoms with Crippen LogP contribution in [-0.2, 0) is 17.8 Å². The highest BCUT2D eigenvalue weighted by Crippen LogP contribution is 2.13. The summed E-state index contributed by atoms with van der Waals surface area (Å²) < 4.78 is 5.50. The number of hydrogen-bond acceptors (Lipinski definition) is 3. The first-order valence-electron chi connectivity index (χ1n) is 10.1. The Morgan fingerprint density at radius 1 is 1.03 bits per heavy atom. The molecule has 0 unspecified atom stereocenters. The van der Waals surface area contributed by atoms with Crippen molar-refractivity contribution in [1.29, 1.82) is 0 Å². The molecule has 0 saturated heterocycles.